The predicted octanol–water partition coefficient (Wildman–Crippen LogP) is 7.49. The van der Waals surface area contributed by atoms with Crippen molar-refractivity contribution in [1.82, 2.24) is 0 Å². The largest absolute Gasteiger partial charge is 0.487 e. The molecule has 0 unspecified atom stereocenters. The number of hydrogen-bond acceptors (Lipinski definition) is 3. The molecule has 4 aromatic rings. The molecule has 0 aliphatic rings. The number of carbonyl (C=O) groups is 1. The predicted molar refractivity (Wildman–Crippen MR) is 139 cm³/mol. The number of nitrogens with one attached hydrogen (secondary N) is 1. The summed E-state index contributed by atoms with van der Waals surface area (Å²) in [6.07, 6.45) is 1.55. The van der Waals surface area contributed by atoms with Gasteiger partial charge in [0.2, 0.25) is 0 Å². The number of nitrogens with zero attached hydrogens (tertiary/aromatic N) is 1. The summed E-state index contributed by atoms with van der Waals surface area (Å²) in [6, 6.07) is 29.0. The maximum absolute atomic E-state index is 12.7. The number of ether oxygens (including phenoxy) is 1. The van der Waals surface area contributed by atoms with Crippen LogP contribution in [0.3, 0.4) is 0 Å². The van der Waals surface area contributed by atoms with Gasteiger partial charge in [-0.05, 0) is 84.1 Å². The van der Waals surface area contributed by atoms with E-state index < -0.39 is 5.91 Å². The second-order valence-corrected chi connectivity index (χ2v) is 8.98. The second-order valence-electron chi connectivity index (χ2n) is 7.27. The van der Waals surface area contributed by atoms with Crippen LogP contribution >= 0.6 is 31.9 Å². The molecule has 4 nitrogen and oxygen atoms in total. The Labute approximate surface area is 208 Å². The van der Waals surface area contributed by atoms with Crippen LogP contribution in [0.2, 0.25) is 0 Å². The van der Waals surface area contributed by atoms with Crippen molar-refractivity contribution >= 4 is 60.3 Å². The van der Waals surface area contributed by atoms with Crippen LogP contribution in [0.25, 0.3) is 16.8 Å². The number of fused-ring (bicyclic) bond motifs is 1. The van der Waals surface area contributed by atoms with Crippen molar-refractivity contribution in [1.29, 1.82) is 5.26 Å². The average molecular weight is 562 g/mol. The van der Waals surface area contributed by atoms with Crippen molar-refractivity contribution in [3.8, 4) is 11.8 Å². The van der Waals surface area contributed by atoms with Crippen molar-refractivity contribution in [2.45, 2.75) is 6.61 Å². The number of benzene rings is 4. The average Bonchev–Trinajstić information content (AvgIpc) is 2.82. The third-order valence-corrected chi connectivity index (χ3v) is 6.11. The standard InChI is InChI=1S/C27H18Br2N2O2/c28-24-13-19(14-25(29)26(24)33-17-18-6-2-1-3-7-18)12-22(16-30)27(32)31-23-11-10-20-8-4-5-9-21(20)15-23/h1-15H,17H2,(H,31,32)/b22-12+. The zero-order valence-electron chi connectivity index (χ0n) is 17.4. The van der Waals surface area contributed by atoms with Gasteiger partial charge in [-0.1, -0.05) is 60.7 Å². The molecule has 0 aliphatic heterocycles. The summed E-state index contributed by atoms with van der Waals surface area (Å²) in [6.45, 7) is 0.421. The summed E-state index contributed by atoms with van der Waals surface area (Å²) in [5, 5.41) is 14.5. The second kappa shape index (κ2) is 10.5. The first kappa shape index (κ1) is 22.8. The van der Waals surface area contributed by atoms with Gasteiger partial charge in [0.05, 0.1) is 8.95 Å². The highest BCUT2D eigenvalue weighted by atomic mass is 79.9. The smallest absolute Gasteiger partial charge is 0.266 e. The fourth-order valence-corrected chi connectivity index (χ4v) is 4.76. The Hall–Kier alpha value is -3.40. The Kier molecular flexibility index (Phi) is 7.23. The fraction of sp³-hybridized carbons (Fsp3) is 0.0370. The van der Waals surface area contributed by atoms with E-state index in [1.807, 2.05) is 91.0 Å². The number of hydrogen-bond donors (Lipinski definition) is 1. The van der Waals surface area contributed by atoms with Gasteiger partial charge in [0.25, 0.3) is 5.91 Å². The lowest BCUT2D eigenvalue weighted by atomic mass is 10.1. The van der Waals surface area contributed by atoms with Gasteiger partial charge in [0.15, 0.2) is 0 Å². The maximum atomic E-state index is 12.7. The first-order valence-corrected chi connectivity index (χ1v) is 11.7. The van der Waals surface area contributed by atoms with Gasteiger partial charge >= 0.3 is 0 Å². The molecule has 0 bridgehead atoms. The first-order valence-electron chi connectivity index (χ1n) is 10.1. The van der Waals surface area contributed by atoms with Gasteiger partial charge in [-0.2, -0.15) is 5.26 Å². The van der Waals surface area contributed by atoms with Gasteiger partial charge < -0.3 is 10.1 Å². The van der Waals surface area contributed by atoms with E-state index in [-0.39, 0.29) is 5.57 Å². The molecule has 1 amide bonds. The van der Waals surface area contributed by atoms with Gasteiger partial charge in [-0.15, -0.1) is 0 Å². The van der Waals surface area contributed by atoms with E-state index in [2.05, 4.69) is 37.2 Å². The van der Waals surface area contributed by atoms with Crippen LogP contribution < -0.4 is 10.1 Å². The molecule has 0 spiro atoms. The van der Waals surface area contributed by atoms with Crippen LogP contribution in [0.15, 0.2) is 99.4 Å². The Bertz CT molecular complexity index is 1370. The molecule has 0 saturated carbocycles. The van der Waals surface area contributed by atoms with Crippen molar-refractivity contribution in [2.24, 2.45) is 0 Å². The summed E-state index contributed by atoms with van der Waals surface area (Å²) in [5.41, 5.74) is 2.37. The van der Waals surface area contributed by atoms with E-state index >= 15 is 0 Å². The summed E-state index contributed by atoms with van der Waals surface area (Å²) in [7, 11) is 0. The molecular formula is C27H18Br2N2O2. The van der Waals surface area contributed by atoms with Crippen LogP contribution in [-0.2, 0) is 11.4 Å². The quantitative estimate of drug-likeness (QED) is 0.196. The SMILES string of the molecule is N#C/C(=C\c1cc(Br)c(OCc2ccccc2)c(Br)c1)C(=O)Nc1ccc2ccccc2c1. The van der Waals surface area contributed by atoms with Gasteiger partial charge in [-0.3, -0.25) is 4.79 Å². The molecule has 0 fully saturated rings. The van der Waals surface area contributed by atoms with Crippen molar-refractivity contribution in [3.05, 3.63) is 111 Å². The van der Waals surface area contributed by atoms with E-state index in [1.165, 1.54) is 0 Å². The lowest BCUT2D eigenvalue weighted by Gasteiger charge is -2.12. The Balaban J connectivity index is 1.51. The van der Waals surface area contributed by atoms with Crippen molar-refractivity contribution < 1.29 is 9.53 Å². The molecule has 1 N–H and O–H groups in total. The molecule has 6 heteroatoms. The number of carbonyl (C=O) groups excluding carboxylic acids is 1. The number of amides is 1. The Morgan fingerprint density at radius 1 is 0.909 bits per heavy atom. The molecule has 0 atom stereocenters. The number of halogens is 2. The van der Waals surface area contributed by atoms with Crippen molar-refractivity contribution in [2.75, 3.05) is 5.32 Å². The minimum atomic E-state index is -0.468. The zero-order chi connectivity index (χ0) is 23.2. The van der Waals surface area contributed by atoms with E-state index in [9.17, 15) is 10.1 Å². The number of anilines is 1. The number of nitriles is 1. The summed E-state index contributed by atoms with van der Waals surface area (Å²) in [5.74, 6) is 0.180. The first-order chi connectivity index (χ1) is 16.0. The molecule has 0 aromatic heterocycles. The lowest BCUT2D eigenvalue weighted by Crippen LogP contribution is -2.13. The third-order valence-electron chi connectivity index (χ3n) is 4.93. The lowest BCUT2D eigenvalue weighted by molar-refractivity contribution is -0.112. The van der Waals surface area contributed by atoms with Crippen LogP contribution in [-0.4, -0.2) is 5.91 Å². The summed E-state index contributed by atoms with van der Waals surface area (Å²) in [4.78, 5) is 12.7. The monoisotopic (exact) mass is 560 g/mol. The fourth-order valence-electron chi connectivity index (χ4n) is 3.31. The van der Waals surface area contributed by atoms with E-state index in [4.69, 9.17) is 4.74 Å². The molecule has 4 rings (SSSR count). The van der Waals surface area contributed by atoms with E-state index in [0.717, 1.165) is 16.3 Å². The molecule has 33 heavy (non-hydrogen) atoms. The maximum Gasteiger partial charge on any atom is 0.266 e. The topological polar surface area (TPSA) is 62.1 Å². The van der Waals surface area contributed by atoms with Crippen molar-refractivity contribution in [3.63, 3.8) is 0 Å². The van der Waals surface area contributed by atoms with Gasteiger partial charge in [-0.25, -0.2) is 0 Å². The highest BCUT2D eigenvalue weighted by Gasteiger charge is 2.13. The Morgan fingerprint density at radius 3 is 2.27 bits per heavy atom. The van der Waals surface area contributed by atoms with Crippen LogP contribution in [0.4, 0.5) is 5.69 Å². The van der Waals surface area contributed by atoms with Crippen LogP contribution in [0.5, 0.6) is 5.75 Å². The zero-order valence-corrected chi connectivity index (χ0v) is 20.6. The normalized spacial score (nSPS) is 11.1. The third kappa shape index (κ3) is 5.70. The molecule has 0 heterocycles. The molecule has 0 saturated heterocycles. The van der Waals surface area contributed by atoms with E-state index in [1.54, 1.807) is 6.08 Å². The molecule has 162 valence electrons. The molecule has 0 aliphatic carbocycles. The molecular weight excluding hydrogens is 544 g/mol. The molecule has 4 aromatic carbocycles. The minimum Gasteiger partial charge on any atom is -0.487 e. The van der Waals surface area contributed by atoms with Crippen LogP contribution in [0, 0.1) is 11.3 Å². The van der Waals surface area contributed by atoms with Gasteiger partial charge in [0, 0.05) is 5.69 Å². The van der Waals surface area contributed by atoms with Crippen LogP contribution in [0.1, 0.15) is 11.1 Å². The highest BCUT2D eigenvalue weighted by molar-refractivity contribution is 9.11. The molecule has 0 radical (unpaired) electrons. The Morgan fingerprint density at radius 2 is 1.58 bits per heavy atom. The van der Waals surface area contributed by atoms with E-state index in [0.29, 0.717) is 32.6 Å². The number of rotatable bonds is 6. The highest BCUT2D eigenvalue weighted by Crippen LogP contribution is 2.36. The minimum absolute atomic E-state index is 0.0000810. The summed E-state index contributed by atoms with van der Waals surface area (Å²) >= 11 is 7.06. The van der Waals surface area contributed by atoms with Gasteiger partial charge in [0.1, 0.15) is 24.0 Å². The summed E-state index contributed by atoms with van der Waals surface area (Å²) < 4.78 is 7.37.